The van der Waals surface area contributed by atoms with Crippen LogP contribution in [0.1, 0.15) is 0 Å². The van der Waals surface area contributed by atoms with Gasteiger partial charge in [-0.3, -0.25) is 14.4 Å². The van der Waals surface area contributed by atoms with Crippen molar-refractivity contribution in [3.8, 4) is 0 Å². The number of carbonyl (C=O) groups is 3. The van der Waals surface area contributed by atoms with E-state index in [2.05, 4.69) is 15.3 Å². The molecule has 8 nitrogen and oxygen atoms in total. The average molecular weight is 234 g/mol. The number of rotatable bonds is 3. The molecule has 0 aromatic heterocycles. The Balaban J connectivity index is 4.32. The lowest BCUT2D eigenvalue weighted by Gasteiger charge is -1.99. The van der Waals surface area contributed by atoms with E-state index in [-0.39, 0.29) is 10.8 Å². The number of nitrogens with zero attached hydrogens (tertiary/aromatic N) is 1. The molecule has 0 aromatic carbocycles. The molecule has 0 radical (unpaired) electrons. The summed E-state index contributed by atoms with van der Waals surface area (Å²) in [6.07, 6.45) is -0.853. The second-order valence-electron chi connectivity index (χ2n) is 2.14. The van der Waals surface area contributed by atoms with Crippen molar-refractivity contribution in [3.63, 3.8) is 0 Å². The van der Waals surface area contributed by atoms with Crippen LogP contribution in [0.5, 0.6) is 0 Å². The lowest BCUT2D eigenvalue weighted by Crippen LogP contribution is -2.25. The number of primary amides is 2. The van der Waals surface area contributed by atoms with Crippen molar-refractivity contribution in [1.82, 2.24) is 5.32 Å². The van der Waals surface area contributed by atoms with Crippen LogP contribution >= 0.6 is 11.8 Å². The van der Waals surface area contributed by atoms with E-state index in [1.54, 1.807) is 0 Å². The molecule has 0 rings (SSSR count). The number of amides is 3. The second-order valence-corrected chi connectivity index (χ2v) is 3.11. The van der Waals surface area contributed by atoms with Gasteiger partial charge in [0.15, 0.2) is 0 Å². The quantitative estimate of drug-likeness (QED) is 0.233. The third kappa shape index (κ3) is 6.32. The highest BCUT2D eigenvalue weighted by atomic mass is 32.2. The third-order valence-corrected chi connectivity index (χ3v) is 1.96. The molecule has 0 saturated heterocycles. The molecule has 0 aliphatic heterocycles. The lowest BCUT2D eigenvalue weighted by molar-refractivity contribution is -0.115. The molecule has 84 valence electrons. The van der Waals surface area contributed by atoms with Gasteiger partial charge in [-0.1, -0.05) is 16.9 Å². The highest BCUT2D eigenvalue weighted by molar-refractivity contribution is 8.16. The predicted octanol–water partition coefficient (Wildman–Crippen LogP) is -1.64. The molecule has 5 N–H and O–H groups in total. The lowest BCUT2D eigenvalue weighted by atomic mass is 10.7. The van der Waals surface area contributed by atoms with Gasteiger partial charge in [0.05, 0.1) is 5.75 Å². The summed E-state index contributed by atoms with van der Waals surface area (Å²) in [5.74, 6) is -1.74. The van der Waals surface area contributed by atoms with E-state index >= 15 is 0 Å². The van der Waals surface area contributed by atoms with Gasteiger partial charge < -0.3 is 16.8 Å². The summed E-state index contributed by atoms with van der Waals surface area (Å²) in [6, 6.07) is 0. The first-order valence-electron chi connectivity index (χ1n) is 3.65. The van der Waals surface area contributed by atoms with Crippen molar-refractivity contribution in [1.29, 1.82) is 0 Å². The molecule has 0 atom stereocenters. The second kappa shape index (κ2) is 6.65. The van der Waals surface area contributed by atoms with Crippen LogP contribution in [-0.2, 0) is 14.4 Å². The zero-order valence-corrected chi connectivity index (χ0v) is 8.67. The Morgan fingerprint density at radius 3 is 2.40 bits per heavy atom. The first-order chi connectivity index (χ1) is 6.97. The molecule has 0 aliphatic carbocycles. The number of thioether (sulfide) groups is 1. The fraction of sp³-hybridized carbons (Fsp3) is 0.333. The van der Waals surface area contributed by atoms with Gasteiger partial charge in [0.2, 0.25) is 11.0 Å². The molecule has 0 aromatic rings. The van der Waals surface area contributed by atoms with Crippen LogP contribution < -0.4 is 16.8 Å². The molecule has 0 unspecified atom stereocenters. The normalized spacial score (nSPS) is 10.6. The van der Waals surface area contributed by atoms with Crippen molar-refractivity contribution in [2.24, 2.45) is 16.6 Å². The zero-order chi connectivity index (χ0) is 11.8. The summed E-state index contributed by atoms with van der Waals surface area (Å²) in [4.78, 5) is 35.9. The maximum absolute atomic E-state index is 10.7. The monoisotopic (exact) mass is 234 g/mol. The third-order valence-electron chi connectivity index (χ3n) is 0.978. The first-order valence-corrected chi connectivity index (χ1v) is 4.63. The number of nitrogens with two attached hydrogens (primary N) is 2. The first kappa shape index (κ1) is 13.2. The van der Waals surface area contributed by atoms with Gasteiger partial charge in [0, 0.05) is 7.05 Å². The molecule has 3 amide bonds. The summed E-state index contributed by atoms with van der Waals surface area (Å²) in [5.41, 5.74) is 9.73. The van der Waals surface area contributed by atoms with E-state index in [1.165, 1.54) is 7.05 Å². The molecule has 0 fully saturated rings. The van der Waals surface area contributed by atoms with Crippen LogP contribution in [0.4, 0.5) is 4.79 Å². The van der Waals surface area contributed by atoms with E-state index < -0.39 is 17.9 Å². The molecule has 9 heteroatoms. The standard InChI is InChI=1S/C6H10N4O4S/c1-9-6(13)14-10-5(4(8)12)15-2-3(7)11/h2H2,1H3,(H2,7,11)(H2,8,12)(H,9,13). The van der Waals surface area contributed by atoms with Gasteiger partial charge >= 0.3 is 6.09 Å². The summed E-state index contributed by atoms with van der Waals surface area (Å²) < 4.78 is 0. The van der Waals surface area contributed by atoms with Crippen molar-refractivity contribution in [3.05, 3.63) is 0 Å². The smallest absolute Gasteiger partial charge is 0.369 e. The average Bonchev–Trinajstić information content (AvgIpc) is 2.16. The molecule has 0 heterocycles. The van der Waals surface area contributed by atoms with E-state index in [4.69, 9.17) is 11.5 Å². The number of hydrogen-bond acceptors (Lipinski definition) is 6. The van der Waals surface area contributed by atoms with Crippen LogP contribution in [0.2, 0.25) is 0 Å². The van der Waals surface area contributed by atoms with E-state index in [1.807, 2.05) is 0 Å². The number of carbonyl (C=O) groups excluding carboxylic acids is 3. The van der Waals surface area contributed by atoms with Crippen LogP contribution in [0, 0.1) is 0 Å². The topological polar surface area (TPSA) is 137 Å². The van der Waals surface area contributed by atoms with Crippen molar-refractivity contribution >= 4 is 34.7 Å². The highest BCUT2D eigenvalue weighted by Crippen LogP contribution is 2.03. The maximum atomic E-state index is 10.7. The SMILES string of the molecule is CNC(=O)ON=C(SCC(N)=O)C(N)=O. The van der Waals surface area contributed by atoms with Gasteiger partial charge in [0.25, 0.3) is 5.91 Å². The van der Waals surface area contributed by atoms with E-state index in [9.17, 15) is 14.4 Å². The summed E-state index contributed by atoms with van der Waals surface area (Å²) >= 11 is 0.686. The summed E-state index contributed by atoms with van der Waals surface area (Å²) in [6.45, 7) is 0. The Hall–Kier alpha value is -1.77. The number of nitrogens with one attached hydrogen (secondary N) is 1. The molecule has 15 heavy (non-hydrogen) atoms. The van der Waals surface area contributed by atoms with Crippen LogP contribution in [0.25, 0.3) is 0 Å². The molecule has 0 aliphatic rings. The Morgan fingerprint density at radius 2 is 2.00 bits per heavy atom. The van der Waals surface area contributed by atoms with E-state index in [0.717, 1.165) is 0 Å². The Morgan fingerprint density at radius 1 is 1.40 bits per heavy atom. The number of hydrogen-bond donors (Lipinski definition) is 3. The Bertz CT molecular complexity index is 304. The minimum Gasteiger partial charge on any atom is -0.369 e. The van der Waals surface area contributed by atoms with Gasteiger partial charge in [-0.25, -0.2) is 4.79 Å². The van der Waals surface area contributed by atoms with E-state index in [0.29, 0.717) is 11.8 Å². The molecular weight excluding hydrogens is 224 g/mol. The van der Waals surface area contributed by atoms with Crippen LogP contribution in [0.3, 0.4) is 0 Å². The van der Waals surface area contributed by atoms with Crippen molar-refractivity contribution < 1.29 is 19.2 Å². The molecule has 0 spiro atoms. The van der Waals surface area contributed by atoms with Gasteiger partial charge in [-0.15, -0.1) is 0 Å². The zero-order valence-electron chi connectivity index (χ0n) is 7.85. The predicted molar refractivity (Wildman–Crippen MR) is 53.8 cm³/mol. The minimum absolute atomic E-state index is 0.182. The number of oxime groups is 1. The largest absolute Gasteiger partial charge is 0.433 e. The van der Waals surface area contributed by atoms with Gasteiger partial charge in [-0.05, 0) is 0 Å². The van der Waals surface area contributed by atoms with Crippen LogP contribution in [0.15, 0.2) is 5.16 Å². The van der Waals surface area contributed by atoms with Crippen molar-refractivity contribution in [2.45, 2.75) is 0 Å². The Labute approximate surface area is 89.4 Å². The maximum Gasteiger partial charge on any atom is 0.433 e. The van der Waals surface area contributed by atoms with Crippen molar-refractivity contribution in [2.75, 3.05) is 12.8 Å². The van der Waals surface area contributed by atoms with Gasteiger partial charge in [-0.2, -0.15) is 0 Å². The summed E-state index contributed by atoms with van der Waals surface area (Å²) in [5, 5.41) is 4.95. The highest BCUT2D eigenvalue weighted by Gasteiger charge is 2.11. The van der Waals surface area contributed by atoms with Crippen LogP contribution in [-0.4, -0.2) is 35.8 Å². The van der Waals surface area contributed by atoms with Gasteiger partial charge in [0.1, 0.15) is 0 Å². The fourth-order valence-corrected chi connectivity index (χ4v) is 0.922. The fourth-order valence-electron chi connectivity index (χ4n) is 0.411. The molecular formula is C6H10N4O4S. The minimum atomic E-state index is -0.912. The summed E-state index contributed by atoms with van der Waals surface area (Å²) in [7, 11) is 1.32. The Kier molecular flexibility index (Phi) is 5.86. The molecule has 0 bridgehead atoms. The molecule has 0 saturated carbocycles.